The molecule has 0 aliphatic rings. The Morgan fingerprint density at radius 3 is 2.62 bits per heavy atom. The van der Waals surface area contributed by atoms with Crippen LogP contribution >= 0.6 is 11.6 Å². The summed E-state index contributed by atoms with van der Waals surface area (Å²) < 4.78 is 10.9. The Bertz CT molecular complexity index is 989. The second-order valence-electron chi connectivity index (χ2n) is 5.79. The zero-order valence-electron chi connectivity index (χ0n) is 15.5. The first-order valence-electron chi connectivity index (χ1n) is 8.17. The first kappa shape index (κ1) is 21.7. The number of amides is 1. The number of nitro groups is 1. The van der Waals surface area contributed by atoms with Crippen molar-refractivity contribution in [3.05, 3.63) is 68.4 Å². The fourth-order valence-electron chi connectivity index (χ4n) is 2.39. The van der Waals surface area contributed by atoms with Crippen LogP contribution in [-0.4, -0.2) is 29.0 Å². The standard InChI is InChI=1S/C19H17ClN2O7/c1-11(23)21-16(19(24)25)8-13-7-15(20)18(17(9-13)28-2)29-10-12-4-3-5-14(6-12)22(26)27/h3-9H,10H2,1-2H3,(H,21,23)(H,24,25)/b16-8+. The lowest BCUT2D eigenvalue weighted by atomic mass is 10.1. The van der Waals surface area contributed by atoms with Crippen molar-refractivity contribution in [2.75, 3.05) is 7.11 Å². The maximum atomic E-state index is 11.3. The van der Waals surface area contributed by atoms with E-state index in [0.29, 0.717) is 11.1 Å². The number of hydrogen-bond donors (Lipinski definition) is 2. The van der Waals surface area contributed by atoms with Crippen LogP contribution in [0, 0.1) is 10.1 Å². The normalized spacial score (nSPS) is 10.9. The van der Waals surface area contributed by atoms with Gasteiger partial charge in [-0.3, -0.25) is 14.9 Å². The van der Waals surface area contributed by atoms with Crippen LogP contribution in [0.2, 0.25) is 5.02 Å². The molecule has 2 N–H and O–H groups in total. The van der Waals surface area contributed by atoms with Gasteiger partial charge in [0.1, 0.15) is 12.3 Å². The first-order chi connectivity index (χ1) is 13.7. The van der Waals surface area contributed by atoms with Crippen molar-refractivity contribution in [1.29, 1.82) is 0 Å². The number of nitro benzene ring substituents is 1. The molecule has 0 aromatic heterocycles. The van der Waals surface area contributed by atoms with Gasteiger partial charge in [-0.05, 0) is 29.3 Å². The number of carboxylic acid groups (broad SMARTS) is 1. The summed E-state index contributed by atoms with van der Waals surface area (Å²) in [7, 11) is 1.38. The van der Waals surface area contributed by atoms with Crippen molar-refractivity contribution in [3.8, 4) is 11.5 Å². The number of non-ortho nitro benzene ring substituents is 1. The van der Waals surface area contributed by atoms with Crippen molar-refractivity contribution < 1.29 is 29.1 Å². The highest BCUT2D eigenvalue weighted by Gasteiger charge is 2.15. The third kappa shape index (κ3) is 5.94. The lowest BCUT2D eigenvalue weighted by Crippen LogP contribution is -2.24. The van der Waals surface area contributed by atoms with Crippen molar-refractivity contribution in [2.45, 2.75) is 13.5 Å². The molecular formula is C19H17ClN2O7. The molecule has 9 nitrogen and oxygen atoms in total. The SMILES string of the molecule is COc1cc(/C=C(/NC(C)=O)C(=O)O)cc(Cl)c1OCc1cccc([N+](=O)[O-])c1. The highest BCUT2D eigenvalue weighted by Crippen LogP contribution is 2.37. The maximum absolute atomic E-state index is 11.3. The lowest BCUT2D eigenvalue weighted by Gasteiger charge is -2.14. The Hall–Kier alpha value is -3.59. The van der Waals surface area contributed by atoms with Gasteiger partial charge in [-0.15, -0.1) is 0 Å². The fraction of sp³-hybridized carbons (Fsp3) is 0.158. The van der Waals surface area contributed by atoms with Crippen LogP contribution < -0.4 is 14.8 Å². The maximum Gasteiger partial charge on any atom is 0.352 e. The molecule has 0 radical (unpaired) electrons. The molecule has 0 saturated heterocycles. The zero-order chi connectivity index (χ0) is 21.6. The summed E-state index contributed by atoms with van der Waals surface area (Å²) in [4.78, 5) is 32.8. The van der Waals surface area contributed by atoms with E-state index in [9.17, 15) is 24.8 Å². The summed E-state index contributed by atoms with van der Waals surface area (Å²) in [5.41, 5.74) is 0.519. The number of aliphatic carboxylic acids is 1. The summed E-state index contributed by atoms with van der Waals surface area (Å²) in [6, 6.07) is 8.88. The number of benzene rings is 2. The molecule has 0 spiro atoms. The van der Waals surface area contributed by atoms with Crippen LogP contribution in [0.1, 0.15) is 18.1 Å². The molecule has 0 aliphatic carbocycles. The monoisotopic (exact) mass is 420 g/mol. The number of carbonyl (C=O) groups excluding carboxylic acids is 1. The number of nitrogens with one attached hydrogen (secondary N) is 1. The van der Waals surface area contributed by atoms with E-state index in [1.54, 1.807) is 12.1 Å². The fourth-order valence-corrected chi connectivity index (χ4v) is 2.66. The van der Waals surface area contributed by atoms with Crippen LogP contribution in [0.4, 0.5) is 5.69 Å². The molecule has 0 fully saturated rings. The summed E-state index contributed by atoms with van der Waals surface area (Å²) in [6.07, 6.45) is 1.22. The number of rotatable bonds is 8. The Labute approximate surface area is 170 Å². The van der Waals surface area contributed by atoms with Gasteiger partial charge >= 0.3 is 5.97 Å². The summed E-state index contributed by atoms with van der Waals surface area (Å²) >= 11 is 6.25. The van der Waals surface area contributed by atoms with E-state index in [2.05, 4.69) is 5.32 Å². The predicted octanol–water partition coefficient (Wildman–Crippen LogP) is 3.40. The van der Waals surface area contributed by atoms with E-state index in [-0.39, 0.29) is 34.5 Å². The van der Waals surface area contributed by atoms with E-state index in [4.69, 9.17) is 21.1 Å². The zero-order valence-corrected chi connectivity index (χ0v) is 16.2. The number of halogens is 1. The van der Waals surface area contributed by atoms with E-state index < -0.39 is 16.8 Å². The lowest BCUT2D eigenvalue weighted by molar-refractivity contribution is -0.384. The number of methoxy groups -OCH3 is 1. The molecule has 0 heterocycles. The minimum atomic E-state index is -1.32. The summed E-state index contributed by atoms with van der Waals surface area (Å²) in [6.45, 7) is 1.19. The second-order valence-corrected chi connectivity index (χ2v) is 6.20. The summed E-state index contributed by atoms with van der Waals surface area (Å²) in [5.74, 6) is -1.44. The van der Waals surface area contributed by atoms with Gasteiger partial charge in [0.15, 0.2) is 11.5 Å². The molecule has 2 aromatic rings. The van der Waals surface area contributed by atoms with E-state index in [1.165, 1.54) is 44.4 Å². The molecule has 2 aromatic carbocycles. The molecule has 0 unspecified atom stereocenters. The number of hydrogen-bond acceptors (Lipinski definition) is 6. The van der Waals surface area contributed by atoms with Crippen molar-refractivity contribution >= 4 is 35.2 Å². The quantitative estimate of drug-likeness (QED) is 0.380. The van der Waals surface area contributed by atoms with Gasteiger partial charge in [0.25, 0.3) is 5.69 Å². The Morgan fingerprint density at radius 1 is 1.31 bits per heavy atom. The highest BCUT2D eigenvalue weighted by molar-refractivity contribution is 6.32. The van der Waals surface area contributed by atoms with Crippen LogP contribution in [0.15, 0.2) is 42.1 Å². The number of carboxylic acids is 1. The molecule has 2 rings (SSSR count). The molecule has 29 heavy (non-hydrogen) atoms. The van der Waals surface area contributed by atoms with Gasteiger partial charge < -0.3 is 19.9 Å². The Morgan fingerprint density at radius 2 is 2.03 bits per heavy atom. The third-order valence-electron chi connectivity index (χ3n) is 3.61. The molecule has 0 bridgehead atoms. The molecule has 0 saturated carbocycles. The summed E-state index contributed by atoms with van der Waals surface area (Å²) in [5, 5.41) is 22.4. The van der Waals surface area contributed by atoms with Gasteiger partial charge in [-0.25, -0.2) is 4.79 Å². The largest absolute Gasteiger partial charge is 0.493 e. The van der Waals surface area contributed by atoms with Gasteiger partial charge in [-0.2, -0.15) is 0 Å². The second kappa shape index (κ2) is 9.56. The van der Waals surface area contributed by atoms with E-state index in [0.717, 1.165) is 0 Å². The van der Waals surface area contributed by atoms with Crippen LogP contribution in [0.5, 0.6) is 11.5 Å². The average molecular weight is 421 g/mol. The van der Waals surface area contributed by atoms with Gasteiger partial charge in [0.05, 0.1) is 17.1 Å². The Kier molecular flexibility index (Phi) is 7.15. The van der Waals surface area contributed by atoms with E-state index >= 15 is 0 Å². The van der Waals surface area contributed by atoms with Crippen LogP contribution in [-0.2, 0) is 16.2 Å². The molecule has 10 heteroatoms. The average Bonchev–Trinajstić information content (AvgIpc) is 2.66. The van der Waals surface area contributed by atoms with Crippen molar-refractivity contribution in [1.82, 2.24) is 5.32 Å². The van der Waals surface area contributed by atoms with Crippen LogP contribution in [0.3, 0.4) is 0 Å². The minimum Gasteiger partial charge on any atom is -0.493 e. The molecule has 1 amide bonds. The highest BCUT2D eigenvalue weighted by atomic mass is 35.5. The predicted molar refractivity (Wildman–Crippen MR) is 105 cm³/mol. The number of carbonyl (C=O) groups is 2. The molecular weight excluding hydrogens is 404 g/mol. The van der Waals surface area contributed by atoms with E-state index in [1.807, 2.05) is 0 Å². The molecule has 152 valence electrons. The Balaban J connectivity index is 2.30. The number of ether oxygens (including phenoxy) is 2. The van der Waals surface area contributed by atoms with Crippen molar-refractivity contribution in [3.63, 3.8) is 0 Å². The smallest absolute Gasteiger partial charge is 0.352 e. The van der Waals surface area contributed by atoms with Crippen molar-refractivity contribution in [2.24, 2.45) is 0 Å². The van der Waals surface area contributed by atoms with Crippen LogP contribution in [0.25, 0.3) is 6.08 Å². The van der Waals surface area contributed by atoms with Gasteiger partial charge in [0.2, 0.25) is 5.91 Å². The number of nitrogens with zero attached hydrogens (tertiary/aromatic N) is 1. The third-order valence-corrected chi connectivity index (χ3v) is 3.89. The minimum absolute atomic E-state index is 0.000780. The van der Waals surface area contributed by atoms with Gasteiger partial charge in [-0.1, -0.05) is 23.7 Å². The topological polar surface area (TPSA) is 128 Å². The van der Waals surface area contributed by atoms with Gasteiger partial charge in [0, 0.05) is 19.1 Å². The molecule has 0 atom stereocenters. The first-order valence-corrected chi connectivity index (χ1v) is 8.55. The molecule has 0 aliphatic heterocycles.